The second-order valence-corrected chi connectivity index (χ2v) is 8.80. The van der Waals surface area contributed by atoms with Gasteiger partial charge in [-0.2, -0.15) is 5.10 Å². The summed E-state index contributed by atoms with van der Waals surface area (Å²) >= 11 is 0. The molecule has 0 atom stereocenters. The largest absolute Gasteiger partial charge is 0.490 e. The summed E-state index contributed by atoms with van der Waals surface area (Å²) < 4.78 is 9.45. The summed E-state index contributed by atoms with van der Waals surface area (Å²) in [4.78, 5) is 33.4. The van der Waals surface area contributed by atoms with E-state index in [1.807, 2.05) is 30.5 Å². The van der Waals surface area contributed by atoms with Crippen LogP contribution in [-0.4, -0.2) is 42.3 Å². The topological polar surface area (TPSA) is 103 Å². The van der Waals surface area contributed by atoms with E-state index in [1.165, 1.54) is 0 Å². The Balaban J connectivity index is 1.47. The van der Waals surface area contributed by atoms with Crippen LogP contribution in [0, 0.1) is 5.92 Å². The molecule has 4 aromatic heterocycles. The molecule has 0 spiro atoms. The molecule has 0 aliphatic heterocycles. The average molecular weight is 447 g/mol. The summed E-state index contributed by atoms with van der Waals surface area (Å²) in [6.07, 6.45) is 13.4. The van der Waals surface area contributed by atoms with Gasteiger partial charge in [-0.25, -0.2) is 14.5 Å². The molecule has 5 rings (SSSR count). The highest BCUT2D eigenvalue weighted by Gasteiger charge is 2.25. The van der Waals surface area contributed by atoms with Gasteiger partial charge in [0.25, 0.3) is 5.91 Å². The van der Waals surface area contributed by atoms with E-state index >= 15 is 0 Å². The number of pyridine rings is 1. The maximum absolute atomic E-state index is 13.3. The van der Waals surface area contributed by atoms with Crippen molar-refractivity contribution < 1.29 is 14.3 Å². The maximum atomic E-state index is 13.3. The third-order valence-electron chi connectivity index (χ3n) is 6.09. The van der Waals surface area contributed by atoms with Crippen LogP contribution in [0.3, 0.4) is 0 Å². The zero-order valence-corrected chi connectivity index (χ0v) is 18.6. The number of nitrogens with zero attached hydrogens (tertiary/aromatic N) is 5. The third-order valence-corrected chi connectivity index (χ3v) is 6.09. The van der Waals surface area contributed by atoms with Gasteiger partial charge in [-0.15, -0.1) is 0 Å². The number of carbonyl (C=O) groups is 2. The Morgan fingerprint density at radius 1 is 1.24 bits per heavy atom. The standard InChI is InChI=1S/C24H26N6O3/c1-15(2)33-21-10-22-27-20(17-6-4-16(14-31)5-7-17)13-29(22)12-18(21)24(32)28-19-11-26-30-9-3-8-25-23(19)30/h3,8-17H,4-7H2,1-2H3,(H,28,32). The van der Waals surface area contributed by atoms with Gasteiger partial charge in [-0.3, -0.25) is 4.79 Å². The monoisotopic (exact) mass is 446 g/mol. The predicted molar refractivity (Wildman–Crippen MR) is 123 cm³/mol. The highest BCUT2D eigenvalue weighted by atomic mass is 16.5. The Morgan fingerprint density at radius 3 is 2.82 bits per heavy atom. The van der Waals surface area contributed by atoms with Crippen molar-refractivity contribution >= 4 is 29.2 Å². The Kier molecular flexibility index (Phi) is 5.53. The van der Waals surface area contributed by atoms with Gasteiger partial charge in [0.05, 0.1) is 23.6 Å². The minimum absolute atomic E-state index is 0.106. The number of imidazole rings is 1. The van der Waals surface area contributed by atoms with Crippen LogP contribution in [0.5, 0.6) is 5.75 Å². The number of aldehydes is 1. The summed E-state index contributed by atoms with van der Waals surface area (Å²) in [5, 5.41) is 7.13. The number of amides is 1. The summed E-state index contributed by atoms with van der Waals surface area (Å²) in [7, 11) is 0. The summed E-state index contributed by atoms with van der Waals surface area (Å²) in [6.45, 7) is 3.84. The maximum Gasteiger partial charge on any atom is 0.261 e. The highest BCUT2D eigenvalue weighted by Crippen LogP contribution is 2.35. The van der Waals surface area contributed by atoms with E-state index in [4.69, 9.17) is 9.72 Å². The molecule has 9 nitrogen and oxygen atoms in total. The van der Waals surface area contributed by atoms with Crippen LogP contribution in [0.15, 0.2) is 43.1 Å². The van der Waals surface area contributed by atoms with Gasteiger partial charge in [-0.05, 0) is 45.6 Å². The first-order chi connectivity index (χ1) is 16.0. The summed E-state index contributed by atoms with van der Waals surface area (Å²) in [6, 6.07) is 3.58. The fourth-order valence-electron chi connectivity index (χ4n) is 4.41. The number of fused-ring (bicyclic) bond motifs is 2. The molecular weight excluding hydrogens is 420 g/mol. The van der Waals surface area contributed by atoms with E-state index < -0.39 is 0 Å². The zero-order chi connectivity index (χ0) is 22.9. The van der Waals surface area contributed by atoms with Gasteiger partial charge in [-0.1, -0.05) is 0 Å². The van der Waals surface area contributed by atoms with Gasteiger partial charge in [0, 0.05) is 42.7 Å². The van der Waals surface area contributed by atoms with Gasteiger partial charge in [0.15, 0.2) is 5.65 Å². The third kappa shape index (κ3) is 4.18. The molecule has 9 heteroatoms. The number of hydrogen-bond donors (Lipinski definition) is 1. The molecule has 1 N–H and O–H groups in total. The molecule has 1 amide bonds. The van der Waals surface area contributed by atoms with Crippen LogP contribution in [0.25, 0.3) is 11.3 Å². The lowest BCUT2D eigenvalue weighted by Gasteiger charge is -2.23. The number of anilines is 1. The van der Waals surface area contributed by atoms with Crippen molar-refractivity contribution in [2.45, 2.75) is 51.6 Å². The summed E-state index contributed by atoms with van der Waals surface area (Å²) in [5.74, 6) is 0.642. The molecule has 0 bridgehead atoms. The smallest absolute Gasteiger partial charge is 0.261 e. The van der Waals surface area contributed by atoms with Crippen molar-refractivity contribution in [1.82, 2.24) is 24.0 Å². The Labute approximate surface area is 190 Å². The predicted octanol–water partition coefficient (Wildman–Crippen LogP) is 3.89. The van der Waals surface area contributed by atoms with Crippen LogP contribution < -0.4 is 10.1 Å². The SMILES string of the molecule is CC(C)Oc1cc2nc(C3CCC(C=O)CC3)cn2cc1C(=O)Nc1cnn2cccnc12. The highest BCUT2D eigenvalue weighted by molar-refractivity contribution is 6.07. The number of hydrogen-bond acceptors (Lipinski definition) is 6. The molecule has 4 heterocycles. The molecule has 0 radical (unpaired) electrons. The molecule has 0 aromatic carbocycles. The van der Waals surface area contributed by atoms with Gasteiger partial charge in [0.1, 0.15) is 23.4 Å². The van der Waals surface area contributed by atoms with Crippen LogP contribution in [0.2, 0.25) is 0 Å². The first-order valence-corrected chi connectivity index (χ1v) is 11.3. The van der Waals surface area contributed by atoms with Crippen LogP contribution in [0.1, 0.15) is 61.5 Å². The molecule has 33 heavy (non-hydrogen) atoms. The number of nitrogens with one attached hydrogen (secondary N) is 1. The fourth-order valence-corrected chi connectivity index (χ4v) is 4.41. The Morgan fingerprint density at radius 2 is 2.06 bits per heavy atom. The van der Waals surface area contributed by atoms with Crippen molar-refractivity contribution in [2.75, 3.05) is 5.32 Å². The second-order valence-electron chi connectivity index (χ2n) is 8.80. The number of rotatable bonds is 6. The van der Waals surface area contributed by atoms with Crippen LogP contribution in [-0.2, 0) is 4.79 Å². The van der Waals surface area contributed by atoms with Crippen LogP contribution in [0.4, 0.5) is 5.69 Å². The van der Waals surface area contributed by atoms with E-state index in [-0.39, 0.29) is 17.9 Å². The molecule has 0 saturated heterocycles. The van der Waals surface area contributed by atoms with Crippen molar-refractivity contribution in [3.8, 4) is 5.75 Å². The minimum Gasteiger partial charge on any atom is -0.490 e. The first kappa shape index (κ1) is 21.1. The van der Waals surface area contributed by atoms with Crippen molar-refractivity contribution in [3.05, 3.63) is 54.4 Å². The molecule has 1 aliphatic carbocycles. The molecule has 1 aliphatic rings. The lowest BCUT2D eigenvalue weighted by molar-refractivity contribution is -0.111. The average Bonchev–Trinajstić information content (AvgIpc) is 3.42. The van der Waals surface area contributed by atoms with Crippen molar-refractivity contribution in [3.63, 3.8) is 0 Å². The van der Waals surface area contributed by atoms with E-state index in [9.17, 15) is 9.59 Å². The van der Waals surface area contributed by atoms with Gasteiger partial charge in [0.2, 0.25) is 0 Å². The molecule has 170 valence electrons. The van der Waals surface area contributed by atoms with Crippen molar-refractivity contribution in [1.29, 1.82) is 0 Å². The van der Waals surface area contributed by atoms with E-state index in [0.29, 0.717) is 28.6 Å². The molecule has 1 fully saturated rings. The number of carbonyl (C=O) groups excluding carboxylic acids is 2. The molecular formula is C24H26N6O3. The Hall–Kier alpha value is -3.75. The molecule has 1 saturated carbocycles. The van der Waals surface area contributed by atoms with E-state index in [2.05, 4.69) is 15.4 Å². The number of ether oxygens (including phenoxy) is 1. The molecule has 4 aromatic rings. The second kappa shape index (κ2) is 8.65. The quantitative estimate of drug-likeness (QED) is 0.451. The van der Waals surface area contributed by atoms with E-state index in [0.717, 1.165) is 43.3 Å². The zero-order valence-electron chi connectivity index (χ0n) is 18.6. The molecule has 0 unspecified atom stereocenters. The normalized spacial score (nSPS) is 18.6. The van der Waals surface area contributed by atoms with Gasteiger partial charge >= 0.3 is 0 Å². The Bertz CT molecular complexity index is 1320. The lowest BCUT2D eigenvalue weighted by atomic mass is 9.81. The van der Waals surface area contributed by atoms with Crippen molar-refractivity contribution in [2.24, 2.45) is 5.92 Å². The lowest BCUT2D eigenvalue weighted by Crippen LogP contribution is -2.16. The van der Waals surface area contributed by atoms with E-state index in [1.54, 1.807) is 35.4 Å². The number of aromatic nitrogens is 5. The fraction of sp³-hybridized carbons (Fsp3) is 0.375. The van der Waals surface area contributed by atoms with Crippen LogP contribution >= 0.6 is 0 Å². The minimum atomic E-state index is -0.310. The van der Waals surface area contributed by atoms with Gasteiger partial charge < -0.3 is 19.2 Å². The first-order valence-electron chi connectivity index (χ1n) is 11.3. The summed E-state index contributed by atoms with van der Waals surface area (Å²) in [5.41, 5.74) is 3.20.